The maximum atomic E-state index is 14.1. The smallest absolute Gasteiger partial charge is 0.322 e. The molecule has 1 aliphatic heterocycles. The zero-order chi connectivity index (χ0) is 31.8. The summed E-state index contributed by atoms with van der Waals surface area (Å²) in [6.07, 6.45) is 6.65. The highest BCUT2D eigenvalue weighted by molar-refractivity contribution is 6.38. The van der Waals surface area contributed by atoms with E-state index < -0.39 is 54.2 Å². The largest absolute Gasteiger partial charge is 0.480 e. The van der Waals surface area contributed by atoms with Gasteiger partial charge in [-0.15, -0.1) is 0 Å². The van der Waals surface area contributed by atoms with Gasteiger partial charge in [0.15, 0.2) is 0 Å². The van der Waals surface area contributed by atoms with Gasteiger partial charge >= 0.3 is 5.97 Å². The van der Waals surface area contributed by atoms with Crippen molar-refractivity contribution in [3.05, 3.63) is 48.0 Å². The molecule has 4 rings (SSSR count). The standard InChI is InChI=1S/C33H42N4O7/c1-20(2)28(29(40)32(43)34-19-27(38)39)36-31(42)26-13-8-16-37(26)33(44)25(17-21-9-4-3-5-10-21)35-30(41)24-15-14-22-11-6-7-12-23(22)18-24/h6-7,11-12,14-15,18,20-21,25-26,28H,3-5,8-10,13,16-17,19H2,1-2H3,(H,34,43)(H,35,41)(H,36,42)(H,38,39). The fourth-order valence-corrected chi connectivity index (χ4v) is 6.22. The van der Waals surface area contributed by atoms with Crippen LogP contribution in [0.4, 0.5) is 0 Å². The van der Waals surface area contributed by atoms with Crippen molar-refractivity contribution in [2.45, 2.75) is 83.3 Å². The van der Waals surface area contributed by atoms with Crippen LogP contribution in [0.1, 0.15) is 75.6 Å². The van der Waals surface area contributed by atoms with Crippen LogP contribution in [-0.4, -0.2) is 76.6 Å². The number of rotatable bonds is 12. The number of hydrogen-bond acceptors (Lipinski definition) is 6. The first-order valence-corrected chi connectivity index (χ1v) is 15.5. The molecule has 11 heteroatoms. The van der Waals surface area contributed by atoms with Gasteiger partial charge in [-0.3, -0.25) is 28.8 Å². The molecule has 0 aromatic heterocycles. The second kappa shape index (κ2) is 14.9. The van der Waals surface area contributed by atoms with Crippen molar-refractivity contribution >= 4 is 46.2 Å². The van der Waals surface area contributed by atoms with Crippen molar-refractivity contribution in [2.24, 2.45) is 11.8 Å². The normalized spacial score (nSPS) is 18.4. The molecular weight excluding hydrogens is 564 g/mol. The molecule has 2 fully saturated rings. The molecule has 4 N–H and O–H groups in total. The van der Waals surface area contributed by atoms with E-state index >= 15 is 0 Å². The summed E-state index contributed by atoms with van der Waals surface area (Å²) in [4.78, 5) is 78.3. The second-order valence-corrected chi connectivity index (χ2v) is 12.2. The number of nitrogens with one attached hydrogen (secondary N) is 3. The zero-order valence-corrected chi connectivity index (χ0v) is 25.3. The molecule has 1 aliphatic carbocycles. The average molecular weight is 607 g/mol. The molecular formula is C33H42N4O7. The van der Waals surface area contributed by atoms with E-state index in [1.54, 1.807) is 26.0 Å². The van der Waals surface area contributed by atoms with Crippen LogP contribution < -0.4 is 16.0 Å². The molecule has 0 spiro atoms. The summed E-state index contributed by atoms with van der Waals surface area (Å²) in [5.41, 5.74) is 0.445. The Balaban J connectivity index is 1.50. The molecule has 11 nitrogen and oxygen atoms in total. The van der Waals surface area contributed by atoms with E-state index in [1.165, 1.54) is 4.90 Å². The molecule has 3 unspecified atom stereocenters. The van der Waals surface area contributed by atoms with Gasteiger partial charge < -0.3 is 26.0 Å². The van der Waals surface area contributed by atoms with Crippen LogP contribution in [0, 0.1) is 11.8 Å². The number of nitrogens with zero attached hydrogens (tertiary/aromatic N) is 1. The van der Waals surface area contributed by atoms with Gasteiger partial charge in [-0.1, -0.05) is 76.3 Å². The fraction of sp³-hybridized carbons (Fsp3) is 0.515. The maximum Gasteiger partial charge on any atom is 0.322 e. The molecule has 0 radical (unpaired) electrons. The first kappa shape index (κ1) is 32.6. The Morgan fingerprint density at radius 2 is 1.59 bits per heavy atom. The number of ketones is 1. The number of likely N-dealkylation sites (tertiary alicyclic amines) is 1. The van der Waals surface area contributed by atoms with Gasteiger partial charge in [0.25, 0.3) is 11.8 Å². The van der Waals surface area contributed by atoms with Crippen LogP contribution in [0.5, 0.6) is 0 Å². The van der Waals surface area contributed by atoms with Crippen molar-refractivity contribution in [1.82, 2.24) is 20.9 Å². The molecule has 44 heavy (non-hydrogen) atoms. The number of carboxylic acid groups (broad SMARTS) is 1. The minimum Gasteiger partial charge on any atom is -0.480 e. The lowest BCUT2D eigenvalue weighted by molar-refractivity contribution is -0.144. The Labute approximate surface area is 257 Å². The average Bonchev–Trinajstić information content (AvgIpc) is 3.51. The Bertz CT molecular complexity index is 1400. The number of carbonyl (C=O) groups is 6. The number of fused-ring (bicyclic) bond motifs is 1. The number of amides is 4. The lowest BCUT2D eigenvalue weighted by atomic mass is 9.84. The summed E-state index contributed by atoms with van der Waals surface area (Å²) in [6, 6.07) is 10.2. The van der Waals surface area contributed by atoms with Crippen molar-refractivity contribution in [1.29, 1.82) is 0 Å². The van der Waals surface area contributed by atoms with E-state index in [-0.39, 0.29) is 17.7 Å². The van der Waals surface area contributed by atoms with Gasteiger partial charge in [-0.05, 0) is 54.0 Å². The van der Waals surface area contributed by atoms with Crippen LogP contribution in [0.3, 0.4) is 0 Å². The van der Waals surface area contributed by atoms with E-state index in [2.05, 4.69) is 10.6 Å². The van der Waals surface area contributed by atoms with Crippen molar-refractivity contribution in [3.8, 4) is 0 Å². The lowest BCUT2D eigenvalue weighted by Crippen LogP contribution is -2.57. The Morgan fingerprint density at radius 3 is 2.27 bits per heavy atom. The molecule has 0 bridgehead atoms. The minimum absolute atomic E-state index is 0.275. The van der Waals surface area contributed by atoms with Crippen molar-refractivity contribution < 1.29 is 33.9 Å². The third-order valence-electron chi connectivity index (χ3n) is 8.62. The van der Waals surface area contributed by atoms with Crippen molar-refractivity contribution in [2.75, 3.05) is 13.1 Å². The van der Waals surface area contributed by atoms with Crippen LogP contribution in [0.15, 0.2) is 42.5 Å². The van der Waals surface area contributed by atoms with Gasteiger partial charge in [0.05, 0.1) is 6.04 Å². The van der Waals surface area contributed by atoms with E-state index in [0.717, 1.165) is 42.9 Å². The predicted octanol–water partition coefficient (Wildman–Crippen LogP) is 2.81. The monoisotopic (exact) mass is 606 g/mol. The number of hydrogen-bond donors (Lipinski definition) is 4. The Hall–Kier alpha value is -4.28. The van der Waals surface area contributed by atoms with Gasteiger partial charge in [-0.25, -0.2) is 0 Å². The summed E-state index contributed by atoms with van der Waals surface area (Å²) >= 11 is 0. The molecule has 2 aromatic rings. The number of benzene rings is 2. The topological polar surface area (TPSA) is 162 Å². The number of carbonyl (C=O) groups excluding carboxylic acids is 5. The van der Waals surface area contributed by atoms with E-state index in [9.17, 15) is 28.8 Å². The van der Waals surface area contributed by atoms with Gasteiger partial charge in [0, 0.05) is 12.1 Å². The highest BCUT2D eigenvalue weighted by atomic mass is 16.4. The van der Waals surface area contributed by atoms with Crippen LogP contribution in [0.2, 0.25) is 0 Å². The Morgan fingerprint density at radius 1 is 0.886 bits per heavy atom. The second-order valence-electron chi connectivity index (χ2n) is 12.2. The van der Waals surface area contributed by atoms with Gasteiger partial charge in [0.2, 0.25) is 17.6 Å². The fourth-order valence-electron chi connectivity index (χ4n) is 6.22. The van der Waals surface area contributed by atoms with Crippen molar-refractivity contribution in [3.63, 3.8) is 0 Å². The first-order valence-electron chi connectivity index (χ1n) is 15.5. The molecule has 2 aliphatic rings. The predicted molar refractivity (Wildman–Crippen MR) is 164 cm³/mol. The third-order valence-corrected chi connectivity index (χ3v) is 8.62. The summed E-state index contributed by atoms with van der Waals surface area (Å²) in [6.45, 7) is 2.92. The highest BCUT2D eigenvalue weighted by Gasteiger charge is 2.40. The number of carboxylic acids is 1. The summed E-state index contributed by atoms with van der Waals surface area (Å²) in [7, 11) is 0. The number of aliphatic carboxylic acids is 1. The lowest BCUT2D eigenvalue weighted by Gasteiger charge is -2.32. The maximum absolute atomic E-state index is 14.1. The highest BCUT2D eigenvalue weighted by Crippen LogP contribution is 2.29. The SMILES string of the molecule is CC(C)C(NC(=O)C1CCCN1C(=O)C(CC1CCCCC1)NC(=O)c1ccc2ccccc2c1)C(=O)C(=O)NCC(=O)O. The zero-order valence-electron chi connectivity index (χ0n) is 25.3. The summed E-state index contributed by atoms with van der Waals surface area (Å²) < 4.78 is 0. The number of Topliss-reactive ketones (excluding diaryl/α,β-unsaturated/α-hetero) is 1. The van der Waals surface area contributed by atoms with Crippen LogP contribution in [0.25, 0.3) is 10.8 Å². The minimum atomic E-state index is -1.30. The molecule has 1 saturated heterocycles. The van der Waals surface area contributed by atoms with E-state index in [1.807, 2.05) is 35.6 Å². The van der Waals surface area contributed by atoms with Gasteiger partial charge in [-0.2, -0.15) is 0 Å². The van der Waals surface area contributed by atoms with E-state index in [0.29, 0.717) is 31.4 Å². The third kappa shape index (κ3) is 8.21. The Kier molecular flexibility index (Phi) is 11.1. The molecule has 4 amide bonds. The van der Waals surface area contributed by atoms with E-state index in [4.69, 9.17) is 5.11 Å². The quantitative estimate of drug-likeness (QED) is 0.270. The van der Waals surface area contributed by atoms with Gasteiger partial charge in [0.1, 0.15) is 18.6 Å². The van der Waals surface area contributed by atoms with Crippen LogP contribution >= 0.6 is 0 Å². The first-order chi connectivity index (χ1) is 21.0. The molecule has 3 atom stereocenters. The van der Waals surface area contributed by atoms with Crippen LogP contribution in [-0.2, 0) is 24.0 Å². The molecule has 1 saturated carbocycles. The summed E-state index contributed by atoms with van der Waals surface area (Å²) in [5, 5.41) is 18.4. The molecule has 2 aromatic carbocycles. The molecule has 236 valence electrons. The summed E-state index contributed by atoms with van der Waals surface area (Å²) in [5.74, 6) is -4.81. The molecule has 1 heterocycles.